The number of hydrogen-bond acceptors (Lipinski definition) is 5. The van der Waals surface area contributed by atoms with E-state index in [-0.39, 0.29) is 18.1 Å². The Morgan fingerprint density at radius 3 is 2.44 bits per heavy atom. The summed E-state index contributed by atoms with van der Waals surface area (Å²) < 4.78 is 6.37. The molecule has 0 bridgehead atoms. The third-order valence-corrected chi connectivity index (χ3v) is 7.01. The zero-order valence-electron chi connectivity index (χ0n) is 20.1. The summed E-state index contributed by atoms with van der Waals surface area (Å²) in [5, 5.41) is 9.81. The molecule has 8 nitrogen and oxygen atoms in total. The fourth-order valence-corrected chi connectivity index (χ4v) is 4.99. The summed E-state index contributed by atoms with van der Waals surface area (Å²) in [6.07, 6.45) is 3.18. The molecule has 1 aliphatic carbocycles. The molecule has 0 aromatic heterocycles. The van der Waals surface area contributed by atoms with E-state index >= 15 is 0 Å². The van der Waals surface area contributed by atoms with Crippen LogP contribution in [0.1, 0.15) is 41.0 Å². The van der Waals surface area contributed by atoms with Gasteiger partial charge in [-0.05, 0) is 49.1 Å². The highest BCUT2D eigenvalue weighted by atomic mass is 16.5. The van der Waals surface area contributed by atoms with Gasteiger partial charge in [0.2, 0.25) is 0 Å². The van der Waals surface area contributed by atoms with Gasteiger partial charge < -0.3 is 26.6 Å². The fourth-order valence-electron chi connectivity index (χ4n) is 4.99. The van der Waals surface area contributed by atoms with Gasteiger partial charge in [0.15, 0.2) is 0 Å². The molecule has 0 radical (unpaired) electrons. The molecule has 1 aliphatic heterocycles. The van der Waals surface area contributed by atoms with Gasteiger partial charge >= 0.3 is 6.03 Å². The number of anilines is 2. The van der Waals surface area contributed by atoms with Gasteiger partial charge in [0.25, 0.3) is 0 Å². The SMILES string of the molecule is C=CC1Oc2c(NC(=O)Nc3ccc(C)cc3)cc(C3(/C(=N/N)NN)CC3)cc2C1c1ccccc1. The highest BCUT2D eigenvalue weighted by Crippen LogP contribution is 2.54. The number of fused-ring (bicyclic) bond motifs is 1. The number of nitrogens with zero attached hydrogens (tertiary/aromatic N) is 1. The molecule has 1 fully saturated rings. The summed E-state index contributed by atoms with van der Waals surface area (Å²) in [6, 6.07) is 21.4. The van der Waals surface area contributed by atoms with E-state index in [1.165, 1.54) is 0 Å². The van der Waals surface area contributed by atoms with E-state index < -0.39 is 5.41 Å². The van der Waals surface area contributed by atoms with Gasteiger partial charge in [-0.25, -0.2) is 10.6 Å². The third kappa shape index (κ3) is 4.16. The highest BCUT2D eigenvalue weighted by molar-refractivity contribution is 6.02. The minimum atomic E-state index is -0.435. The second-order valence-corrected chi connectivity index (χ2v) is 9.30. The zero-order valence-corrected chi connectivity index (χ0v) is 20.1. The van der Waals surface area contributed by atoms with E-state index in [1.54, 1.807) is 6.08 Å². The Hall–Kier alpha value is -4.30. The van der Waals surface area contributed by atoms with Crippen LogP contribution in [-0.4, -0.2) is 18.0 Å². The lowest BCUT2D eigenvalue weighted by Crippen LogP contribution is -2.40. The van der Waals surface area contributed by atoms with Crippen molar-refractivity contribution in [2.45, 2.75) is 37.2 Å². The number of hydrazine groups is 1. The Morgan fingerprint density at radius 2 is 1.83 bits per heavy atom. The number of hydrogen-bond donors (Lipinski definition) is 5. The van der Waals surface area contributed by atoms with Gasteiger partial charge in [-0.2, -0.15) is 5.10 Å². The van der Waals surface area contributed by atoms with Crippen molar-refractivity contribution in [3.05, 3.63) is 102 Å². The summed E-state index contributed by atoms with van der Waals surface area (Å²) in [5.41, 5.74) is 7.63. The van der Waals surface area contributed by atoms with Crippen LogP contribution >= 0.6 is 0 Å². The molecule has 2 atom stereocenters. The smallest absolute Gasteiger partial charge is 0.323 e. The van der Waals surface area contributed by atoms with Gasteiger partial charge in [-0.15, -0.1) is 0 Å². The highest BCUT2D eigenvalue weighted by Gasteiger charge is 2.51. The molecule has 1 heterocycles. The van der Waals surface area contributed by atoms with Crippen molar-refractivity contribution in [2.24, 2.45) is 16.8 Å². The molecule has 36 heavy (non-hydrogen) atoms. The first-order valence-corrected chi connectivity index (χ1v) is 11.9. The Kier molecular flexibility index (Phi) is 6.12. The molecular weight excluding hydrogens is 452 g/mol. The fraction of sp³-hybridized carbons (Fsp3) is 0.214. The van der Waals surface area contributed by atoms with Crippen LogP contribution in [0, 0.1) is 6.92 Å². The molecule has 7 N–H and O–H groups in total. The first-order valence-electron chi connectivity index (χ1n) is 11.9. The average molecular weight is 483 g/mol. The van der Waals surface area contributed by atoms with Crippen molar-refractivity contribution in [1.29, 1.82) is 0 Å². The minimum absolute atomic E-state index is 0.0840. The first kappa shape index (κ1) is 23.4. The summed E-state index contributed by atoms with van der Waals surface area (Å²) in [4.78, 5) is 13.0. The van der Waals surface area contributed by atoms with Crippen molar-refractivity contribution in [2.75, 3.05) is 10.6 Å². The number of hydrazone groups is 1. The standard InChI is InChI=1S/C28H30N6O2/c1-3-23-24(18-7-5-4-6-8-18)21-15-19(28(13-14-28)26(33-29)34-30)16-22(25(21)36-23)32-27(35)31-20-11-9-17(2)10-12-20/h3-12,15-16,23-24H,1,13-14,29-30H2,2H3,(H,33,34)(H2,31,32,35). The number of ether oxygens (including phenoxy) is 1. The molecule has 2 aliphatic rings. The maximum absolute atomic E-state index is 13.0. The van der Waals surface area contributed by atoms with Crippen LogP contribution < -0.4 is 32.5 Å². The molecule has 2 amide bonds. The topological polar surface area (TPSA) is 127 Å². The molecule has 3 aromatic rings. The van der Waals surface area contributed by atoms with Crippen molar-refractivity contribution in [1.82, 2.24) is 5.43 Å². The number of amides is 2. The van der Waals surface area contributed by atoms with Crippen molar-refractivity contribution < 1.29 is 9.53 Å². The monoisotopic (exact) mass is 482 g/mol. The molecule has 8 heteroatoms. The summed E-state index contributed by atoms with van der Waals surface area (Å²) in [5.74, 6) is 12.5. The molecule has 184 valence electrons. The molecule has 0 spiro atoms. The third-order valence-electron chi connectivity index (χ3n) is 7.01. The molecule has 3 aromatic carbocycles. The number of carbonyl (C=O) groups is 1. The van der Waals surface area contributed by atoms with E-state index in [1.807, 2.05) is 55.5 Å². The van der Waals surface area contributed by atoms with Crippen LogP contribution in [0.25, 0.3) is 0 Å². The number of carbonyl (C=O) groups excluding carboxylic acids is 1. The summed E-state index contributed by atoms with van der Waals surface area (Å²) >= 11 is 0. The van der Waals surface area contributed by atoms with E-state index in [4.69, 9.17) is 16.4 Å². The number of amidine groups is 1. The molecule has 1 saturated carbocycles. The Labute approximate surface area is 210 Å². The van der Waals surface area contributed by atoms with Gasteiger partial charge in [0.05, 0.1) is 17.0 Å². The predicted molar refractivity (Wildman–Crippen MR) is 143 cm³/mol. The number of benzene rings is 3. The van der Waals surface area contributed by atoms with Crippen molar-refractivity contribution >= 4 is 23.2 Å². The van der Waals surface area contributed by atoms with Crippen molar-refractivity contribution in [3.63, 3.8) is 0 Å². The lowest BCUT2D eigenvalue weighted by Gasteiger charge is -2.21. The Morgan fingerprint density at radius 1 is 1.11 bits per heavy atom. The lowest BCUT2D eigenvalue weighted by atomic mass is 9.84. The van der Waals surface area contributed by atoms with Crippen LogP contribution in [0.2, 0.25) is 0 Å². The van der Waals surface area contributed by atoms with E-state index in [9.17, 15) is 4.79 Å². The van der Waals surface area contributed by atoms with Gasteiger partial charge in [-0.1, -0.05) is 66.7 Å². The van der Waals surface area contributed by atoms with E-state index in [0.717, 1.165) is 35.1 Å². The average Bonchev–Trinajstić information content (AvgIpc) is 3.60. The van der Waals surface area contributed by atoms with Crippen molar-refractivity contribution in [3.8, 4) is 5.75 Å². The number of aryl methyl sites for hydroxylation is 1. The summed E-state index contributed by atoms with van der Waals surface area (Å²) in [7, 11) is 0. The second kappa shape index (κ2) is 9.39. The number of nitrogens with two attached hydrogens (primary N) is 2. The molecular formula is C28H30N6O2. The zero-order chi connectivity index (χ0) is 25.3. The maximum Gasteiger partial charge on any atom is 0.323 e. The number of rotatable bonds is 6. The quantitative estimate of drug-likeness (QED) is 0.116. The largest absolute Gasteiger partial charge is 0.483 e. The Balaban J connectivity index is 1.58. The van der Waals surface area contributed by atoms with E-state index in [0.29, 0.717) is 23.0 Å². The molecule has 5 rings (SSSR count). The van der Waals surface area contributed by atoms with Crippen LogP contribution in [0.5, 0.6) is 5.75 Å². The summed E-state index contributed by atoms with van der Waals surface area (Å²) in [6.45, 7) is 6.00. The van der Waals surface area contributed by atoms with Crippen LogP contribution in [-0.2, 0) is 5.41 Å². The number of urea groups is 1. The number of nitrogens with one attached hydrogen (secondary N) is 3. The molecule has 2 unspecified atom stereocenters. The second-order valence-electron chi connectivity index (χ2n) is 9.30. The predicted octanol–water partition coefficient (Wildman–Crippen LogP) is 4.49. The van der Waals surface area contributed by atoms with Gasteiger partial charge in [0, 0.05) is 11.3 Å². The normalized spacial score (nSPS) is 19.6. The maximum atomic E-state index is 13.0. The first-order chi connectivity index (χ1) is 17.5. The van der Waals surface area contributed by atoms with Crippen LogP contribution in [0.15, 0.2) is 84.5 Å². The van der Waals surface area contributed by atoms with Crippen LogP contribution in [0.3, 0.4) is 0 Å². The van der Waals surface area contributed by atoms with Crippen LogP contribution in [0.4, 0.5) is 16.2 Å². The minimum Gasteiger partial charge on any atom is -0.483 e. The van der Waals surface area contributed by atoms with E-state index in [2.05, 4.69) is 45.9 Å². The molecule has 0 saturated heterocycles. The van der Waals surface area contributed by atoms with Gasteiger partial charge in [-0.3, -0.25) is 0 Å². The van der Waals surface area contributed by atoms with Gasteiger partial charge in [0.1, 0.15) is 17.7 Å². The Bertz CT molecular complexity index is 1320. The lowest BCUT2D eigenvalue weighted by molar-refractivity contribution is 0.260.